The monoisotopic (exact) mass is 294 g/mol. The quantitative estimate of drug-likeness (QED) is 0.688. The largest absolute Gasteiger partial charge is 0.286 e. The minimum atomic E-state index is -4.17. The lowest BCUT2D eigenvalue weighted by Gasteiger charge is -2.16. The van der Waals surface area contributed by atoms with Crippen molar-refractivity contribution >= 4 is 21.4 Å². The van der Waals surface area contributed by atoms with Crippen molar-refractivity contribution < 1.29 is 18.5 Å². The summed E-state index contributed by atoms with van der Waals surface area (Å²) in [7, 11) is -4.17. The summed E-state index contributed by atoms with van der Waals surface area (Å²) in [5, 5.41) is 20.5. The number of hydrogen-bond acceptors (Lipinski definition) is 5. The fourth-order valence-corrected chi connectivity index (χ4v) is 2.65. The van der Waals surface area contributed by atoms with E-state index in [9.17, 15) is 23.7 Å². The van der Waals surface area contributed by atoms with E-state index in [0.717, 1.165) is 6.07 Å². The lowest BCUT2D eigenvalue weighted by molar-refractivity contribution is -0.384. The summed E-state index contributed by atoms with van der Waals surface area (Å²) in [6.45, 7) is 0. The van der Waals surface area contributed by atoms with Gasteiger partial charge < -0.3 is 0 Å². The molecule has 0 amide bonds. The van der Waals surface area contributed by atoms with Crippen molar-refractivity contribution in [3.8, 4) is 0 Å². The normalized spacial score (nSPS) is 11.1. The molecule has 0 spiro atoms. The third-order valence-corrected chi connectivity index (χ3v) is 4.06. The first-order chi connectivity index (χ1) is 9.43. The Bertz CT molecular complexity index is 731. The predicted molar refractivity (Wildman–Crippen MR) is 71.0 cm³/mol. The number of sulfonamides is 1. The molecule has 0 saturated carbocycles. The fourth-order valence-electron chi connectivity index (χ4n) is 1.56. The van der Waals surface area contributed by atoms with E-state index in [0.29, 0.717) is 0 Å². The summed E-state index contributed by atoms with van der Waals surface area (Å²) < 4.78 is 24.3. The molecule has 0 aliphatic carbocycles. The van der Waals surface area contributed by atoms with Crippen LogP contribution in [0.25, 0.3) is 0 Å². The molecule has 2 rings (SSSR count). The zero-order chi connectivity index (χ0) is 14.8. The van der Waals surface area contributed by atoms with Crippen LogP contribution < -0.4 is 4.47 Å². The van der Waals surface area contributed by atoms with Crippen molar-refractivity contribution in [1.29, 1.82) is 0 Å². The highest BCUT2D eigenvalue weighted by Crippen LogP contribution is 2.25. The van der Waals surface area contributed by atoms with Gasteiger partial charge in [-0.25, -0.2) is 0 Å². The highest BCUT2D eigenvalue weighted by atomic mass is 32.2. The molecular formula is C12H10N2O5S. The van der Waals surface area contributed by atoms with Crippen molar-refractivity contribution in [2.45, 2.75) is 4.90 Å². The summed E-state index contributed by atoms with van der Waals surface area (Å²) in [5.41, 5.74) is -0.520. The van der Waals surface area contributed by atoms with E-state index in [-0.39, 0.29) is 20.7 Å². The van der Waals surface area contributed by atoms with Crippen LogP contribution in [0.3, 0.4) is 0 Å². The molecule has 0 saturated heterocycles. The number of rotatable bonds is 4. The average molecular weight is 294 g/mol. The number of nitro benzene ring substituents is 1. The molecule has 0 aromatic heterocycles. The van der Waals surface area contributed by atoms with Gasteiger partial charge in [0.1, 0.15) is 0 Å². The Kier molecular flexibility index (Phi) is 3.68. The number of nitrogens with zero attached hydrogens (tertiary/aromatic N) is 2. The summed E-state index contributed by atoms with van der Waals surface area (Å²) in [6, 6.07) is 12.0. The van der Waals surface area contributed by atoms with E-state index < -0.39 is 14.9 Å². The van der Waals surface area contributed by atoms with Gasteiger partial charge >= 0.3 is 0 Å². The van der Waals surface area contributed by atoms with Gasteiger partial charge in [-0.3, -0.25) is 15.3 Å². The second kappa shape index (κ2) is 5.27. The molecule has 0 bridgehead atoms. The SMILES string of the molecule is O=[N+]([O-])c1cccc(N(O)S(=O)(=O)c2ccccc2)c1. The van der Waals surface area contributed by atoms with E-state index in [1.807, 2.05) is 0 Å². The zero-order valence-electron chi connectivity index (χ0n) is 10.1. The Morgan fingerprint density at radius 3 is 2.30 bits per heavy atom. The second-order valence-electron chi connectivity index (χ2n) is 3.84. The van der Waals surface area contributed by atoms with Crippen molar-refractivity contribution in [3.05, 3.63) is 64.7 Å². The Balaban J connectivity index is 2.43. The maximum absolute atomic E-state index is 12.1. The van der Waals surface area contributed by atoms with Gasteiger partial charge in [-0.05, 0) is 18.2 Å². The molecule has 2 aromatic rings. The van der Waals surface area contributed by atoms with E-state index >= 15 is 0 Å². The molecule has 0 aliphatic rings. The van der Waals surface area contributed by atoms with Crippen LogP contribution >= 0.6 is 0 Å². The molecule has 104 valence electrons. The minimum Gasteiger partial charge on any atom is -0.274 e. The highest BCUT2D eigenvalue weighted by molar-refractivity contribution is 7.92. The third kappa shape index (κ3) is 2.60. The number of benzene rings is 2. The van der Waals surface area contributed by atoms with Crippen LogP contribution in [0, 0.1) is 10.1 Å². The van der Waals surface area contributed by atoms with Crippen molar-refractivity contribution in [1.82, 2.24) is 0 Å². The molecule has 0 atom stereocenters. The smallest absolute Gasteiger partial charge is 0.274 e. The lowest BCUT2D eigenvalue weighted by atomic mass is 10.3. The molecule has 1 N–H and O–H groups in total. The highest BCUT2D eigenvalue weighted by Gasteiger charge is 2.24. The van der Waals surface area contributed by atoms with Gasteiger partial charge in [0.05, 0.1) is 15.5 Å². The molecule has 0 heterocycles. The first-order valence-electron chi connectivity index (χ1n) is 5.46. The molecular weight excluding hydrogens is 284 g/mol. The average Bonchev–Trinajstić information content (AvgIpc) is 2.47. The van der Waals surface area contributed by atoms with Crippen LogP contribution in [0.5, 0.6) is 0 Å². The van der Waals surface area contributed by atoms with E-state index in [2.05, 4.69) is 0 Å². The summed E-state index contributed by atoms with van der Waals surface area (Å²) >= 11 is 0. The maximum atomic E-state index is 12.1. The molecule has 20 heavy (non-hydrogen) atoms. The lowest BCUT2D eigenvalue weighted by Crippen LogP contribution is -2.27. The van der Waals surface area contributed by atoms with Gasteiger partial charge in [0.15, 0.2) is 0 Å². The molecule has 0 aliphatic heterocycles. The van der Waals surface area contributed by atoms with Crippen molar-refractivity contribution in [2.75, 3.05) is 4.47 Å². The maximum Gasteiger partial charge on any atom is 0.286 e. The molecule has 7 nitrogen and oxygen atoms in total. The van der Waals surface area contributed by atoms with Gasteiger partial charge in [0, 0.05) is 12.1 Å². The number of anilines is 1. The van der Waals surface area contributed by atoms with Crippen molar-refractivity contribution in [2.24, 2.45) is 0 Å². The fraction of sp³-hybridized carbons (Fsp3) is 0. The van der Waals surface area contributed by atoms with Crippen LogP contribution in [-0.2, 0) is 10.0 Å². The van der Waals surface area contributed by atoms with Gasteiger partial charge in [-0.15, -0.1) is 4.47 Å². The van der Waals surface area contributed by atoms with E-state index in [1.165, 1.54) is 42.5 Å². The summed E-state index contributed by atoms with van der Waals surface area (Å²) in [4.78, 5) is 9.86. The summed E-state index contributed by atoms with van der Waals surface area (Å²) in [5.74, 6) is 0. The molecule has 0 radical (unpaired) electrons. The third-order valence-electron chi connectivity index (χ3n) is 2.53. The van der Waals surface area contributed by atoms with Crippen LogP contribution in [0.15, 0.2) is 59.5 Å². The van der Waals surface area contributed by atoms with Gasteiger partial charge in [0.2, 0.25) is 0 Å². The van der Waals surface area contributed by atoms with Crippen molar-refractivity contribution in [3.63, 3.8) is 0 Å². The molecule has 2 aromatic carbocycles. The number of non-ortho nitro benzene ring substituents is 1. The Hall–Kier alpha value is -2.45. The van der Waals surface area contributed by atoms with Gasteiger partial charge in [-0.1, -0.05) is 24.3 Å². The van der Waals surface area contributed by atoms with E-state index in [1.54, 1.807) is 6.07 Å². The van der Waals surface area contributed by atoms with Crippen LogP contribution in [-0.4, -0.2) is 18.5 Å². The zero-order valence-corrected chi connectivity index (χ0v) is 10.9. The first kappa shape index (κ1) is 14.0. The topological polar surface area (TPSA) is 101 Å². The summed E-state index contributed by atoms with van der Waals surface area (Å²) in [6.07, 6.45) is 0. The van der Waals surface area contributed by atoms with E-state index in [4.69, 9.17) is 0 Å². The number of hydrogen-bond donors (Lipinski definition) is 1. The number of nitro groups is 1. The van der Waals surface area contributed by atoms with Crippen LogP contribution in [0.2, 0.25) is 0 Å². The Morgan fingerprint density at radius 1 is 1.05 bits per heavy atom. The Morgan fingerprint density at radius 2 is 1.70 bits per heavy atom. The molecule has 0 fully saturated rings. The standard InChI is InChI=1S/C12H10N2O5S/c15-13(16)10-5-4-6-11(9-10)14(17)20(18,19)12-7-2-1-3-8-12/h1-9,17H. The molecule has 0 unspecified atom stereocenters. The molecule has 8 heteroatoms. The Labute approximate surface area is 114 Å². The second-order valence-corrected chi connectivity index (χ2v) is 5.61. The first-order valence-corrected chi connectivity index (χ1v) is 6.90. The minimum absolute atomic E-state index is 0.0231. The van der Waals surface area contributed by atoms with Gasteiger partial charge in [-0.2, -0.15) is 8.42 Å². The van der Waals surface area contributed by atoms with Crippen LogP contribution in [0.4, 0.5) is 11.4 Å². The predicted octanol–water partition coefficient (Wildman–Crippen LogP) is 2.18. The van der Waals surface area contributed by atoms with Gasteiger partial charge in [0.25, 0.3) is 15.7 Å². The van der Waals surface area contributed by atoms with Crippen LogP contribution in [0.1, 0.15) is 0 Å².